The molecular formula is C24H23NO2. The van der Waals surface area contributed by atoms with E-state index in [1.807, 2.05) is 11.8 Å². The number of carbonyl (C=O) groups excluding carboxylic acids is 1. The van der Waals surface area contributed by atoms with E-state index in [-0.39, 0.29) is 12.2 Å². The first-order valence-corrected chi connectivity index (χ1v) is 9.84. The van der Waals surface area contributed by atoms with Gasteiger partial charge in [0.1, 0.15) is 6.10 Å². The smallest absolute Gasteiger partial charge is 0.410 e. The summed E-state index contributed by atoms with van der Waals surface area (Å²) in [4.78, 5) is 14.4. The SMILES string of the molecule is CC(OC(=O)N1CCCCC1)c1ccc2ccc3cccc4ccc1c2c34. The van der Waals surface area contributed by atoms with Crippen LogP contribution in [0, 0.1) is 0 Å². The molecule has 0 bridgehead atoms. The molecule has 0 saturated carbocycles. The zero-order valence-electron chi connectivity index (χ0n) is 15.6. The van der Waals surface area contributed by atoms with Crippen LogP contribution >= 0.6 is 0 Å². The van der Waals surface area contributed by atoms with Crippen LogP contribution in [0.25, 0.3) is 32.3 Å². The first-order chi connectivity index (χ1) is 13.2. The van der Waals surface area contributed by atoms with Gasteiger partial charge in [-0.25, -0.2) is 4.79 Å². The van der Waals surface area contributed by atoms with Crippen LogP contribution in [0.15, 0.2) is 54.6 Å². The lowest BCUT2D eigenvalue weighted by Crippen LogP contribution is -2.36. The van der Waals surface area contributed by atoms with E-state index in [2.05, 4.69) is 54.6 Å². The minimum Gasteiger partial charge on any atom is -0.441 e. The van der Waals surface area contributed by atoms with Crippen LogP contribution < -0.4 is 0 Å². The van der Waals surface area contributed by atoms with Crippen LogP contribution in [0.1, 0.15) is 37.9 Å². The fraction of sp³-hybridized carbons (Fsp3) is 0.292. The number of nitrogens with zero attached hydrogens (tertiary/aromatic N) is 1. The first kappa shape index (κ1) is 16.4. The average Bonchev–Trinajstić information content (AvgIpc) is 2.72. The van der Waals surface area contributed by atoms with E-state index in [0.29, 0.717) is 0 Å². The van der Waals surface area contributed by atoms with E-state index in [4.69, 9.17) is 4.74 Å². The summed E-state index contributed by atoms with van der Waals surface area (Å²) in [5.41, 5.74) is 1.08. The zero-order chi connectivity index (χ0) is 18.4. The number of ether oxygens (including phenoxy) is 1. The summed E-state index contributed by atoms with van der Waals surface area (Å²) >= 11 is 0. The van der Waals surface area contributed by atoms with Crippen molar-refractivity contribution in [2.45, 2.75) is 32.3 Å². The molecule has 0 aromatic heterocycles. The van der Waals surface area contributed by atoms with Crippen LogP contribution in [0.5, 0.6) is 0 Å². The quantitative estimate of drug-likeness (QED) is 0.396. The molecule has 1 fully saturated rings. The first-order valence-electron chi connectivity index (χ1n) is 9.84. The Labute approximate surface area is 158 Å². The molecule has 0 spiro atoms. The molecule has 0 N–H and O–H groups in total. The Balaban J connectivity index is 1.57. The van der Waals surface area contributed by atoms with Gasteiger partial charge in [-0.1, -0.05) is 54.6 Å². The van der Waals surface area contributed by atoms with Gasteiger partial charge in [-0.15, -0.1) is 0 Å². The molecule has 136 valence electrons. The molecule has 27 heavy (non-hydrogen) atoms. The number of rotatable bonds is 2. The van der Waals surface area contributed by atoms with Crippen molar-refractivity contribution in [3.8, 4) is 0 Å². The highest BCUT2D eigenvalue weighted by Crippen LogP contribution is 2.38. The maximum Gasteiger partial charge on any atom is 0.410 e. The molecular weight excluding hydrogens is 334 g/mol. The van der Waals surface area contributed by atoms with Crippen molar-refractivity contribution in [1.29, 1.82) is 0 Å². The van der Waals surface area contributed by atoms with E-state index in [1.54, 1.807) is 0 Å². The fourth-order valence-corrected chi connectivity index (χ4v) is 4.48. The molecule has 5 rings (SSSR count). The summed E-state index contributed by atoms with van der Waals surface area (Å²) in [6.07, 6.45) is 2.88. The van der Waals surface area contributed by atoms with Crippen molar-refractivity contribution in [3.63, 3.8) is 0 Å². The largest absolute Gasteiger partial charge is 0.441 e. The Morgan fingerprint density at radius 1 is 0.852 bits per heavy atom. The molecule has 1 saturated heterocycles. The van der Waals surface area contributed by atoms with Crippen molar-refractivity contribution >= 4 is 38.4 Å². The molecule has 1 heterocycles. The maximum absolute atomic E-state index is 12.6. The van der Waals surface area contributed by atoms with Gasteiger partial charge >= 0.3 is 6.09 Å². The number of hydrogen-bond acceptors (Lipinski definition) is 2. The van der Waals surface area contributed by atoms with Gasteiger partial charge in [0, 0.05) is 18.7 Å². The summed E-state index contributed by atoms with van der Waals surface area (Å²) < 4.78 is 5.85. The van der Waals surface area contributed by atoms with Crippen LogP contribution in [0.2, 0.25) is 0 Å². The minimum absolute atomic E-state index is 0.187. The molecule has 3 nitrogen and oxygen atoms in total. The maximum atomic E-state index is 12.6. The van der Waals surface area contributed by atoms with Crippen LogP contribution in [0.4, 0.5) is 4.79 Å². The Hall–Kier alpha value is -2.81. The molecule has 4 aromatic rings. The number of amides is 1. The van der Waals surface area contributed by atoms with Crippen molar-refractivity contribution in [1.82, 2.24) is 4.90 Å². The second-order valence-electron chi connectivity index (χ2n) is 7.58. The average molecular weight is 357 g/mol. The number of likely N-dealkylation sites (tertiary alicyclic amines) is 1. The van der Waals surface area contributed by atoms with Crippen LogP contribution in [-0.2, 0) is 4.74 Å². The molecule has 1 unspecified atom stereocenters. The third-order valence-corrected chi connectivity index (χ3v) is 5.89. The summed E-state index contributed by atoms with van der Waals surface area (Å²) in [6, 6.07) is 19.4. The normalized spacial score (nSPS) is 16.3. The fourth-order valence-electron chi connectivity index (χ4n) is 4.48. The standard InChI is InChI=1S/C24H23NO2/c1-16(27-24(26)25-14-3-2-4-15-25)20-12-10-19-9-8-17-6-5-7-18-11-13-21(20)23(19)22(17)18/h5-13,16H,2-4,14-15H2,1H3. The lowest BCUT2D eigenvalue weighted by molar-refractivity contribution is 0.0648. The van der Waals surface area contributed by atoms with Crippen LogP contribution in [-0.4, -0.2) is 24.1 Å². The van der Waals surface area contributed by atoms with Gasteiger partial charge in [-0.3, -0.25) is 0 Å². The van der Waals surface area contributed by atoms with E-state index < -0.39 is 0 Å². The summed E-state index contributed by atoms with van der Waals surface area (Å²) in [6.45, 7) is 3.60. The van der Waals surface area contributed by atoms with Gasteiger partial charge < -0.3 is 9.64 Å². The van der Waals surface area contributed by atoms with Gasteiger partial charge in [0.05, 0.1) is 0 Å². The molecule has 3 heteroatoms. The topological polar surface area (TPSA) is 29.5 Å². The Morgan fingerprint density at radius 2 is 1.48 bits per heavy atom. The summed E-state index contributed by atoms with van der Waals surface area (Å²) in [5, 5.41) is 7.47. The van der Waals surface area contributed by atoms with E-state index in [0.717, 1.165) is 31.5 Å². The number of piperidine rings is 1. The van der Waals surface area contributed by atoms with E-state index in [1.165, 1.54) is 38.7 Å². The van der Waals surface area contributed by atoms with E-state index >= 15 is 0 Å². The number of benzene rings is 4. The Morgan fingerprint density at radius 3 is 2.22 bits per heavy atom. The number of hydrogen-bond donors (Lipinski definition) is 0. The molecule has 1 aliphatic heterocycles. The monoisotopic (exact) mass is 357 g/mol. The second kappa shape index (κ2) is 6.41. The van der Waals surface area contributed by atoms with Crippen LogP contribution in [0.3, 0.4) is 0 Å². The zero-order valence-corrected chi connectivity index (χ0v) is 15.6. The summed E-state index contributed by atoms with van der Waals surface area (Å²) in [5.74, 6) is 0. The van der Waals surface area contributed by atoms with Gasteiger partial charge in [0.25, 0.3) is 0 Å². The second-order valence-corrected chi connectivity index (χ2v) is 7.58. The Kier molecular flexibility index (Phi) is 3.89. The van der Waals surface area contributed by atoms with Gasteiger partial charge in [0.15, 0.2) is 0 Å². The highest BCUT2D eigenvalue weighted by Gasteiger charge is 2.22. The number of carbonyl (C=O) groups is 1. The Bertz CT molecular complexity index is 1110. The van der Waals surface area contributed by atoms with Gasteiger partial charge in [0.2, 0.25) is 0 Å². The third kappa shape index (κ3) is 2.69. The lowest BCUT2D eigenvalue weighted by Gasteiger charge is -2.28. The van der Waals surface area contributed by atoms with Crippen molar-refractivity contribution < 1.29 is 9.53 Å². The van der Waals surface area contributed by atoms with Crippen molar-refractivity contribution in [3.05, 3.63) is 60.2 Å². The highest BCUT2D eigenvalue weighted by molar-refractivity contribution is 6.23. The molecule has 1 amide bonds. The lowest BCUT2D eigenvalue weighted by atomic mass is 9.91. The third-order valence-electron chi connectivity index (χ3n) is 5.89. The van der Waals surface area contributed by atoms with Crippen molar-refractivity contribution in [2.24, 2.45) is 0 Å². The molecule has 1 aliphatic rings. The molecule has 4 aromatic carbocycles. The van der Waals surface area contributed by atoms with E-state index in [9.17, 15) is 4.79 Å². The minimum atomic E-state index is -0.274. The molecule has 1 atom stereocenters. The predicted molar refractivity (Wildman–Crippen MR) is 110 cm³/mol. The molecule has 0 radical (unpaired) electrons. The molecule has 0 aliphatic carbocycles. The predicted octanol–water partition coefficient (Wildman–Crippen LogP) is 6.27. The highest BCUT2D eigenvalue weighted by atomic mass is 16.6. The van der Waals surface area contributed by atoms with Gasteiger partial charge in [-0.2, -0.15) is 0 Å². The van der Waals surface area contributed by atoms with Gasteiger partial charge in [-0.05, 0) is 58.5 Å². The summed E-state index contributed by atoms with van der Waals surface area (Å²) in [7, 11) is 0. The van der Waals surface area contributed by atoms with Crippen molar-refractivity contribution in [2.75, 3.05) is 13.1 Å².